The van der Waals surface area contributed by atoms with Crippen LogP contribution in [0.25, 0.3) is 10.8 Å². The van der Waals surface area contributed by atoms with Gasteiger partial charge in [0, 0.05) is 18.2 Å². The second-order valence-corrected chi connectivity index (χ2v) is 5.85. The van der Waals surface area contributed by atoms with Gasteiger partial charge in [-0.3, -0.25) is 9.89 Å². The van der Waals surface area contributed by atoms with Gasteiger partial charge in [-0.15, -0.1) is 0 Å². The Morgan fingerprint density at radius 3 is 2.77 bits per heavy atom. The molecule has 0 unspecified atom stereocenters. The fourth-order valence-electron chi connectivity index (χ4n) is 2.68. The van der Waals surface area contributed by atoms with Gasteiger partial charge in [0.1, 0.15) is 5.69 Å². The van der Waals surface area contributed by atoms with Crippen LogP contribution in [-0.4, -0.2) is 16.1 Å². The SMILES string of the molecule is O=C(NCc1ccc2ccccc2c1)c1cc(C2CC2)[nH]n1. The standard InChI is InChI=1S/C18H17N3O/c22-18(17-10-16(20-21-17)14-7-8-14)19-11-12-5-6-13-3-1-2-4-15(13)9-12/h1-6,9-10,14H,7-8,11H2,(H,19,22)(H,20,21). The highest BCUT2D eigenvalue weighted by Gasteiger charge is 2.26. The molecule has 1 aliphatic carbocycles. The first-order valence-corrected chi connectivity index (χ1v) is 7.61. The normalized spacial score (nSPS) is 14.2. The summed E-state index contributed by atoms with van der Waals surface area (Å²) in [7, 11) is 0. The molecule has 22 heavy (non-hydrogen) atoms. The van der Waals surface area contributed by atoms with Gasteiger partial charge in [0.05, 0.1) is 0 Å². The lowest BCUT2D eigenvalue weighted by atomic mass is 10.1. The van der Waals surface area contributed by atoms with Crippen molar-refractivity contribution in [2.75, 3.05) is 0 Å². The molecule has 4 rings (SSSR count). The van der Waals surface area contributed by atoms with Gasteiger partial charge < -0.3 is 5.32 Å². The van der Waals surface area contributed by atoms with Gasteiger partial charge in [-0.2, -0.15) is 5.10 Å². The number of H-pyrrole nitrogens is 1. The summed E-state index contributed by atoms with van der Waals surface area (Å²) < 4.78 is 0. The molecular formula is C18H17N3O. The summed E-state index contributed by atoms with van der Waals surface area (Å²) in [6, 6.07) is 16.3. The highest BCUT2D eigenvalue weighted by Crippen LogP contribution is 2.38. The van der Waals surface area contributed by atoms with E-state index in [-0.39, 0.29) is 5.91 Å². The Morgan fingerprint density at radius 2 is 1.95 bits per heavy atom. The Hall–Kier alpha value is -2.62. The van der Waals surface area contributed by atoms with Crippen molar-refractivity contribution in [1.29, 1.82) is 0 Å². The summed E-state index contributed by atoms with van der Waals surface area (Å²) in [5, 5.41) is 12.4. The van der Waals surface area contributed by atoms with E-state index in [2.05, 4.69) is 39.8 Å². The summed E-state index contributed by atoms with van der Waals surface area (Å²) in [4.78, 5) is 12.1. The summed E-state index contributed by atoms with van der Waals surface area (Å²) in [5.74, 6) is 0.450. The van der Waals surface area contributed by atoms with Crippen molar-refractivity contribution in [3.05, 3.63) is 65.5 Å². The van der Waals surface area contributed by atoms with Gasteiger partial charge in [0.2, 0.25) is 0 Å². The van der Waals surface area contributed by atoms with Crippen LogP contribution >= 0.6 is 0 Å². The number of fused-ring (bicyclic) bond motifs is 1. The van der Waals surface area contributed by atoms with E-state index in [0.29, 0.717) is 18.2 Å². The topological polar surface area (TPSA) is 57.8 Å². The van der Waals surface area contributed by atoms with Crippen LogP contribution in [0.5, 0.6) is 0 Å². The first-order valence-electron chi connectivity index (χ1n) is 7.61. The predicted octanol–water partition coefficient (Wildman–Crippen LogP) is 3.37. The number of hydrogen-bond donors (Lipinski definition) is 2. The van der Waals surface area contributed by atoms with Gasteiger partial charge in [-0.25, -0.2) is 0 Å². The molecule has 1 saturated carbocycles. The molecule has 0 radical (unpaired) electrons. The lowest BCUT2D eigenvalue weighted by molar-refractivity contribution is 0.0946. The van der Waals surface area contributed by atoms with E-state index in [4.69, 9.17) is 0 Å². The molecule has 1 amide bonds. The molecule has 1 fully saturated rings. The number of hydrogen-bond acceptors (Lipinski definition) is 2. The van der Waals surface area contributed by atoms with Crippen molar-refractivity contribution in [3.8, 4) is 0 Å². The van der Waals surface area contributed by atoms with Crippen LogP contribution in [0, 0.1) is 0 Å². The lowest BCUT2D eigenvalue weighted by Gasteiger charge is -2.05. The van der Waals surface area contributed by atoms with Crippen LogP contribution in [-0.2, 0) is 6.54 Å². The molecule has 4 nitrogen and oxygen atoms in total. The molecule has 0 aliphatic heterocycles. The molecular weight excluding hydrogens is 274 g/mol. The average molecular weight is 291 g/mol. The third kappa shape index (κ3) is 2.60. The molecule has 2 N–H and O–H groups in total. The molecule has 0 spiro atoms. The summed E-state index contributed by atoms with van der Waals surface area (Å²) in [6.45, 7) is 0.509. The number of aromatic nitrogens is 2. The van der Waals surface area contributed by atoms with Crippen molar-refractivity contribution in [2.45, 2.75) is 25.3 Å². The third-order valence-electron chi connectivity index (χ3n) is 4.11. The van der Waals surface area contributed by atoms with Crippen molar-refractivity contribution in [2.24, 2.45) is 0 Å². The monoisotopic (exact) mass is 291 g/mol. The number of nitrogens with one attached hydrogen (secondary N) is 2. The van der Waals surface area contributed by atoms with Crippen LogP contribution in [0.4, 0.5) is 0 Å². The smallest absolute Gasteiger partial charge is 0.272 e. The van der Waals surface area contributed by atoms with Crippen LogP contribution in [0.15, 0.2) is 48.5 Å². The maximum atomic E-state index is 12.1. The van der Waals surface area contributed by atoms with E-state index in [1.54, 1.807) is 0 Å². The number of aromatic amines is 1. The summed E-state index contributed by atoms with van der Waals surface area (Å²) in [6.07, 6.45) is 2.39. The highest BCUT2D eigenvalue weighted by atomic mass is 16.1. The first kappa shape index (κ1) is 13.1. The van der Waals surface area contributed by atoms with Crippen molar-refractivity contribution in [1.82, 2.24) is 15.5 Å². The molecule has 1 aromatic heterocycles. The van der Waals surface area contributed by atoms with Crippen LogP contribution in [0.1, 0.15) is 40.5 Å². The molecule has 4 heteroatoms. The Labute approximate surface area is 128 Å². The summed E-state index contributed by atoms with van der Waals surface area (Å²) in [5.41, 5.74) is 2.64. The zero-order valence-corrected chi connectivity index (χ0v) is 12.2. The Bertz CT molecular complexity index is 833. The van der Waals surface area contributed by atoms with Crippen LogP contribution < -0.4 is 5.32 Å². The van der Waals surface area contributed by atoms with Crippen LogP contribution in [0.3, 0.4) is 0 Å². The maximum Gasteiger partial charge on any atom is 0.272 e. The minimum atomic E-state index is -0.128. The maximum absolute atomic E-state index is 12.1. The molecule has 0 atom stereocenters. The summed E-state index contributed by atoms with van der Waals surface area (Å²) >= 11 is 0. The van der Waals surface area contributed by atoms with Gasteiger partial charge in [-0.1, -0.05) is 36.4 Å². The fourth-order valence-corrected chi connectivity index (χ4v) is 2.68. The predicted molar refractivity (Wildman–Crippen MR) is 85.7 cm³/mol. The number of amides is 1. The average Bonchev–Trinajstić information content (AvgIpc) is 3.29. The first-order chi connectivity index (χ1) is 10.8. The second-order valence-electron chi connectivity index (χ2n) is 5.85. The molecule has 0 saturated heterocycles. The highest BCUT2D eigenvalue weighted by molar-refractivity contribution is 5.92. The molecule has 110 valence electrons. The number of benzene rings is 2. The molecule has 2 aromatic carbocycles. The Morgan fingerprint density at radius 1 is 1.14 bits per heavy atom. The molecule has 0 bridgehead atoms. The van der Waals surface area contributed by atoms with Crippen LogP contribution in [0.2, 0.25) is 0 Å². The van der Waals surface area contributed by atoms with Gasteiger partial charge in [0.15, 0.2) is 0 Å². The van der Waals surface area contributed by atoms with E-state index in [9.17, 15) is 4.79 Å². The number of carbonyl (C=O) groups is 1. The van der Waals surface area contributed by atoms with Crippen molar-refractivity contribution >= 4 is 16.7 Å². The number of nitrogens with zero attached hydrogens (tertiary/aromatic N) is 1. The molecule has 3 aromatic rings. The zero-order chi connectivity index (χ0) is 14.9. The molecule has 1 heterocycles. The number of carbonyl (C=O) groups excluding carboxylic acids is 1. The minimum absolute atomic E-state index is 0.128. The van der Waals surface area contributed by atoms with Crippen molar-refractivity contribution < 1.29 is 4.79 Å². The van der Waals surface area contributed by atoms with Gasteiger partial charge >= 0.3 is 0 Å². The van der Waals surface area contributed by atoms with Crippen molar-refractivity contribution in [3.63, 3.8) is 0 Å². The largest absolute Gasteiger partial charge is 0.347 e. The Balaban J connectivity index is 1.44. The quantitative estimate of drug-likeness (QED) is 0.774. The lowest BCUT2D eigenvalue weighted by Crippen LogP contribution is -2.23. The number of rotatable bonds is 4. The fraction of sp³-hybridized carbons (Fsp3) is 0.222. The third-order valence-corrected chi connectivity index (χ3v) is 4.11. The zero-order valence-electron chi connectivity index (χ0n) is 12.2. The molecule has 1 aliphatic rings. The van der Waals surface area contributed by atoms with E-state index < -0.39 is 0 Å². The van der Waals surface area contributed by atoms with Gasteiger partial charge in [-0.05, 0) is 41.3 Å². The van der Waals surface area contributed by atoms with E-state index in [1.165, 1.54) is 23.6 Å². The van der Waals surface area contributed by atoms with Gasteiger partial charge in [0.25, 0.3) is 5.91 Å². The minimum Gasteiger partial charge on any atom is -0.347 e. The Kier molecular flexibility index (Phi) is 3.15. The second kappa shape index (κ2) is 5.30. The van der Waals surface area contributed by atoms with E-state index in [1.807, 2.05) is 24.3 Å². The van der Waals surface area contributed by atoms with E-state index in [0.717, 1.165) is 11.3 Å². The van der Waals surface area contributed by atoms with E-state index >= 15 is 0 Å².